The van der Waals surface area contributed by atoms with Crippen LogP contribution in [0.3, 0.4) is 0 Å². The predicted molar refractivity (Wildman–Crippen MR) is 230 cm³/mol. The highest BCUT2D eigenvalue weighted by Gasteiger charge is 2.34. The number of hydrogen-bond donors (Lipinski definition) is 3. The quantitative estimate of drug-likeness (QED) is 0.161. The molecule has 4 unspecified atom stereocenters. The number of ether oxygens (including phenoxy) is 2. The third-order valence-electron chi connectivity index (χ3n) is 12.3. The van der Waals surface area contributed by atoms with E-state index in [2.05, 4.69) is 59.9 Å². The lowest BCUT2D eigenvalue weighted by Gasteiger charge is -2.21. The van der Waals surface area contributed by atoms with Gasteiger partial charge in [0, 0.05) is 81.6 Å². The molecule has 4 aromatic heterocycles. The van der Waals surface area contributed by atoms with Crippen molar-refractivity contribution >= 4 is 27.0 Å². The van der Waals surface area contributed by atoms with Crippen LogP contribution in [0.25, 0.3) is 11.0 Å². The number of alkyl halides is 1. The van der Waals surface area contributed by atoms with E-state index in [-0.39, 0.29) is 40.5 Å². The molecule has 3 N–H and O–H groups in total. The summed E-state index contributed by atoms with van der Waals surface area (Å²) >= 11 is 3.22. The van der Waals surface area contributed by atoms with Crippen LogP contribution in [0.2, 0.25) is 0 Å². The fraction of sp³-hybridized carbons (Fsp3) is 0.500. The van der Waals surface area contributed by atoms with Gasteiger partial charge in [-0.05, 0) is 79.5 Å². The number of nitrogens with zero attached hydrogens (tertiary/aromatic N) is 7. The minimum atomic E-state index is -0.214. The van der Waals surface area contributed by atoms with Gasteiger partial charge in [-0.1, -0.05) is 54.0 Å². The van der Waals surface area contributed by atoms with Crippen molar-refractivity contribution in [2.24, 2.45) is 11.8 Å². The van der Waals surface area contributed by atoms with E-state index in [1.54, 1.807) is 39.6 Å². The molecule has 4 aliphatic heterocycles. The van der Waals surface area contributed by atoms with Crippen LogP contribution in [-0.4, -0.2) is 96.7 Å². The van der Waals surface area contributed by atoms with Gasteiger partial charge in [0.15, 0.2) is 11.0 Å². The number of rotatable bonds is 7. The Bertz CT molecular complexity index is 2530. The predicted octanol–water partition coefficient (Wildman–Crippen LogP) is 6.04. The summed E-state index contributed by atoms with van der Waals surface area (Å²) in [5, 5.41) is 13.6. The molecule has 0 aliphatic carbocycles. The molecule has 0 bridgehead atoms. The molecule has 324 valence electrons. The average Bonchev–Trinajstić information content (AvgIpc) is 4.08. The molecule has 14 nitrogen and oxygen atoms in total. The van der Waals surface area contributed by atoms with Crippen LogP contribution >= 0.6 is 15.9 Å². The summed E-state index contributed by atoms with van der Waals surface area (Å²) in [4.78, 5) is 42.3. The molecule has 4 fully saturated rings. The smallest absolute Gasteiger partial charge is 0.276 e. The summed E-state index contributed by atoms with van der Waals surface area (Å²) in [6.45, 7) is 11.4. The number of imidazole rings is 2. The van der Waals surface area contributed by atoms with E-state index in [9.17, 15) is 18.4 Å². The lowest BCUT2D eigenvalue weighted by atomic mass is 9.97. The van der Waals surface area contributed by atoms with Gasteiger partial charge in [-0.3, -0.25) is 14.5 Å². The second-order valence-corrected chi connectivity index (χ2v) is 17.3. The van der Waals surface area contributed by atoms with Gasteiger partial charge < -0.3 is 24.8 Å². The van der Waals surface area contributed by atoms with Gasteiger partial charge in [0.05, 0.1) is 12.4 Å². The van der Waals surface area contributed by atoms with Crippen molar-refractivity contribution in [1.29, 1.82) is 0 Å². The van der Waals surface area contributed by atoms with E-state index in [0.717, 1.165) is 93.7 Å². The minimum Gasteiger partial charge on any atom is -0.381 e. The summed E-state index contributed by atoms with van der Waals surface area (Å²) in [7, 11) is 0. The third kappa shape index (κ3) is 10.0. The molecule has 10 rings (SSSR count). The standard InChI is InChI=1S/C22H26FN5O2.C15H21N5O2.C7H6BrF/c1-14-11-27(12-15-3-2-4-17(23)9-15)13-18(14)20-25-22(29)19-10-24-21(28(19)26-20)16-5-7-30-8-6-16;1-9-6-16-7-11(9)13-18-15(21)12-8-17-14(20(12)19-13)10-2-4-22-5-3-10;8-5-6-2-1-3-7(9)4-6/h2-4,9-10,14,16,18H,5-8,11-13H2,1H3,(H,25,26,29);8-11,16H,2-7H2,1H3,(H,18,19,21);1-4H,5H2. The average molecular weight is 904 g/mol. The van der Waals surface area contributed by atoms with E-state index in [1.165, 1.54) is 18.2 Å². The fourth-order valence-electron chi connectivity index (χ4n) is 8.91. The van der Waals surface area contributed by atoms with Crippen LogP contribution in [0.5, 0.6) is 0 Å². The zero-order valence-electron chi connectivity index (χ0n) is 34.5. The molecule has 61 heavy (non-hydrogen) atoms. The van der Waals surface area contributed by atoms with Crippen LogP contribution in [0.4, 0.5) is 8.78 Å². The number of aromatic amines is 2. The number of likely N-dealkylation sites (tertiary alicyclic amines) is 1. The maximum atomic E-state index is 13.5. The van der Waals surface area contributed by atoms with E-state index in [4.69, 9.17) is 19.7 Å². The molecule has 0 amide bonds. The van der Waals surface area contributed by atoms with Crippen LogP contribution < -0.4 is 16.4 Å². The highest BCUT2D eigenvalue weighted by molar-refractivity contribution is 9.08. The van der Waals surface area contributed by atoms with Crippen molar-refractivity contribution in [3.05, 3.63) is 128 Å². The zero-order valence-corrected chi connectivity index (χ0v) is 36.1. The molecule has 2 aromatic carbocycles. The van der Waals surface area contributed by atoms with Crippen LogP contribution in [-0.2, 0) is 21.3 Å². The lowest BCUT2D eigenvalue weighted by molar-refractivity contribution is 0.0831. The van der Waals surface area contributed by atoms with Crippen LogP contribution in [0.15, 0.2) is 70.5 Å². The normalized spacial score (nSPS) is 22.6. The highest BCUT2D eigenvalue weighted by Crippen LogP contribution is 2.32. The van der Waals surface area contributed by atoms with Gasteiger partial charge in [0.25, 0.3) is 11.1 Å². The molecular weight excluding hydrogens is 850 g/mol. The summed E-state index contributed by atoms with van der Waals surface area (Å²) in [6, 6.07) is 13.2. The lowest BCUT2D eigenvalue weighted by Crippen LogP contribution is -2.24. The molecule has 0 saturated carbocycles. The molecular formula is C44H53BrF2N10O4. The largest absolute Gasteiger partial charge is 0.381 e. The monoisotopic (exact) mass is 902 g/mol. The Morgan fingerprint density at radius 2 is 1.23 bits per heavy atom. The Balaban J connectivity index is 0.000000144. The van der Waals surface area contributed by atoms with Crippen LogP contribution in [0.1, 0.15) is 97.6 Å². The molecule has 4 atom stereocenters. The molecule has 0 spiro atoms. The van der Waals surface area contributed by atoms with E-state index in [1.807, 2.05) is 12.1 Å². The maximum absolute atomic E-state index is 13.5. The number of halogens is 3. The fourth-order valence-corrected chi connectivity index (χ4v) is 9.26. The summed E-state index contributed by atoms with van der Waals surface area (Å²) in [6.07, 6.45) is 6.91. The van der Waals surface area contributed by atoms with Crippen molar-refractivity contribution in [2.75, 3.05) is 52.6 Å². The van der Waals surface area contributed by atoms with Gasteiger partial charge in [-0.25, -0.2) is 27.8 Å². The van der Waals surface area contributed by atoms with Crippen molar-refractivity contribution in [3.63, 3.8) is 0 Å². The number of benzene rings is 2. The Morgan fingerprint density at radius 1 is 0.705 bits per heavy atom. The first kappa shape index (κ1) is 43.0. The van der Waals surface area contributed by atoms with Crippen molar-refractivity contribution < 1.29 is 18.3 Å². The Labute approximate surface area is 360 Å². The molecule has 17 heteroatoms. The van der Waals surface area contributed by atoms with Gasteiger partial charge in [0.2, 0.25) is 0 Å². The number of nitrogens with one attached hydrogen (secondary N) is 3. The first-order valence-corrected chi connectivity index (χ1v) is 22.4. The molecule has 0 radical (unpaired) electrons. The van der Waals surface area contributed by atoms with Gasteiger partial charge >= 0.3 is 0 Å². The maximum Gasteiger partial charge on any atom is 0.276 e. The first-order valence-electron chi connectivity index (χ1n) is 21.2. The van der Waals surface area contributed by atoms with Gasteiger partial charge in [-0.2, -0.15) is 10.2 Å². The van der Waals surface area contributed by atoms with Gasteiger partial charge in [0.1, 0.15) is 34.9 Å². The molecule has 4 saturated heterocycles. The summed E-state index contributed by atoms with van der Waals surface area (Å²) in [5.41, 5.74) is 2.69. The molecule has 8 heterocycles. The second kappa shape index (κ2) is 19.6. The van der Waals surface area contributed by atoms with Crippen molar-refractivity contribution in [1.82, 2.24) is 49.4 Å². The summed E-state index contributed by atoms with van der Waals surface area (Å²) < 4.78 is 40.2. The third-order valence-corrected chi connectivity index (χ3v) is 13.0. The summed E-state index contributed by atoms with van der Waals surface area (Å²) in [5.74, 6) is 4.56. The number of fused-ring (bicyclic) bond motifs is 2. The van der Waals surface area contributed by atoms with Gasteiger partial charge in [-0.15, -0.1) is 0 Å². The molecule has 4 aliphatic rings. The SMILES string of the molecule is CC1CN(Cc2cccc(F)c2)CC1c1nn2c(C3CCOCC3)ncc2c(=O)[nH]1.CC1CNCC1c1nn2c(C3CCOCC3)ncc2c(=O)[nH]1.Fc1cccc(CBr)c1. The highest BCUT2D eigenvalue weighted by atomic mass is 79.9. The van der Waals surface area contributed by atoms with Crippen molar-refractivity contribution in [2.45, 2.75) is 75.1 Å². The Morgan fingerprint density at radius 3 is 1.72 bits per heavy atom. The Kier molecular flexibility index (Phi) is 13.8. The Hall–Kier alpha value is -4.68. The van der Waals surface area contributed by atoms with Crippen molar-refractivity contribution in [3.8, 4) is 0 Å². The molecule has 6 aromatic rings. The zero-order chi connectivity index (χ0) is 42.5. The number of H-pyrrole nitrogens is 2. The van der Waals surface area contributed by atoms with E-state index >= 15 is 0 Å². The second-order valence-electron chi connectivity index (χ2n) is 16.7. The number of aromatic nitrogens is 8. The first-order chi connectivity index (χ1) is 29.6. The van der Waals surface area contributed by atoms with E-state index < -0.39 is 0 Å². The topological polar surface area (TPSA) is 160 Å². The van der Waals surface area contributed by atoms with Crippen LogP contribution in [0, 0.1) is 23.5 Å². The minimum absolute atomic E-state index is 0.102. The van der Waals surface area contributed by atoms with E-state index in [0.29, 0.717) is 59.7 Å². The number of hydrogen-bond acceptors (Lipinski definition) is 10.